The second-order valence-electron chi connectivity index (χ2n) is 8.91. The lowest BCUT2D eigenvalue weighted by molar-refractivity contribution is -0.159. The fraction of sp³-hybridized carbons (Fsp3) is 0.483. The smallest absolute Gasteiger partial charge is 0.309 e. The van der Waals surface area contributed by atoms with E-state index in [0.29, 0.717) is 32.1 Å². The number of ketones is 1. The van der Waals surface area contributed by atoms with Gasteiger partial charge in [0.2, 0.25) is 0 Å². The van der Waals surface area contributed by atoms with Gasteiger partial charge < -0.3 is 20.4 Å². The van der Waals surface area contributed by atoms with Crippen molar-refractivity contribution in [1.82, 2.24) is 6.15 Å². The molecule has 0 aliphatic heterocycles. The zero-order chi connectivity index (χ0) is 26.3. The number of rotatable bonds is 17. The number of carbonyl (C=O) groups excluding carboxylic acids is 3. The molecule has 8 heteroatoms. The summed E-state index contributed by atoms with van der Waals surface area (Å²) in [6.07, 6.45) is 3.77. The van der Waals surface area contributed by atoms with Gasteiger partial charge in [0, 0.05) is 18.4 Å². The van der Waals surface area contributed by atoms with Gasteiger partial charge >= 0.3 is 11.9 Å². The van der Waals surface area contributed by atoms with Gasteiger partial charge in [0.25, 0.3) is 0 Å². The predicted octanol–water partition coefficient (Wildman–Crippen LogP) is 6.13. The summed E-state index contributed by atoms with van der Waals surface area (Å²) in [5.74, 6) is -0.900. The Balaban J connectivity index is 0.00000684. The lowest BCUT2D eigenvalue weighted by Gasteiger charge is -2.21. The zero-order valence-corrected chi connectivity index (χ0v) is 23.1. The van der Waals surface area contributed by atoms with Crippen LogP contribution in [0.5, 0.6) is 0 Å². The van der Waals surface area contributed by atoms with Crippen molar-refractivity contribution >= 4 is 35.1 Å². The standard InChI is InChI=1S/C29H38O6S.H3N/c1-5-22-9-11-23(12-10-22)13-14-25(18-21(3)30)34-29(32)20-26(15-16-27-8-7-17-36-27)35-28(31)19-24(6-2)33-4;/h5,7-12,17,24-26H,1,6,13-16,18-20H2,2-4H3;1H3. The van der Waals surface area contributed by atoms with Crippen molar-refractivity contribution in [3.63, 3.8) is 0 Å². The number of Topliss-reactive ketones (excluding diaryl/α,β-unsaturated/α-hetero) is 1. The Kier molecular flexibility index (Phi) is 15.3. The Bertz CT molecular complexity index is 953. The summed E-state index contributed by atoms with van der Waals surface area (Å²) in [5.41, 5.74) is 2.13. The highest BCUT2D eigenvalue weighted by molar-refractivity contribution is 7.09. The molecule has 2 aromatic rings. The van der Waals surface area contributed by atoms with Crippen LogP contribution in [-0.4, -0.2) is 43.1 Å². The fourth-order valence-electron chi connectivity index (χ4n) is 3.87. The minimum absolute atomic E-state index is 0. The van der Waals surface area contributed by atoms with Crippen molar-refractivity contribution < 1.29 is 28.6 Å². The first kappa shape index (κ1) is 32.2. The molecule has 1 heterocycles. The Morgan fingerprint density at radius 2 is 1.51 bits per heavy atom. The van der Waals surface area contributed by atoms with E-state index in [1.165, 1.54) is 6.92 Å². The van der Waals surface area contributed by atoms with Gasteiger partial charge in [0.05, 0.1) is 18.9 Å². The summed E-state index contributed by atoms with van der Waals surface area (Å²) >= 11 is 1.63. The summed E-state index contributed by atoms with van der Waals surface area (Å²) < 4.78 is 16.7. The number of thiophene rings is 1. The zero-order valence-electron chi connectivity index (χ0n) is 22.3. The SMILES string of the molecule is C=Cc1ccc(CCC(CC(C)=O)OC(=O)CC(CCc2cccs2)OC(=O)CC(CC)OC)cc1.N. The quantitative estimate of drug-likeness (QED) is 0.244. The molecule has 7 nitrogen and oxygen atoms in total. The monoisotopic (exact) mass is 531 g/mol. The molecule has 0 aliphatic rings. The Labute approximate surface area is 224 Å². The van der Waals surface area contributed by atoms with Crippen LogP contribution in [0.25, 0.3) is 6.08 Å². The molecule has 37 heavy (non-hydrogen) atoms. The van der Waals surface area contributed by atoms with Gasteiger partial charge in [-0.25, -0.2) is 0 Å². The Morgan fingerprint density at radius 1 is 0.919 bits per heavy atom. The minimum atomic E-state index is -0.606. The number of carbonyl (C=O) groups is 3. The molecule has 3 N–H and O–H groups in total. The molecule has 2 rings (SSSR count). The van der Waals surface area contributed by atoms with Gasteiger partial charge in [0.1, 0.15) is 18.0 Å². The molecule has 0 bridgehead atoms. The van der Waals surface area contributed by atoms with Crippen molar-refractivity contribution in [3.8, 4) is 0 Å². The van der Waals surface area contributed by atoms with Crippen LogP contribution in [0.3, 0.4) is 0 Å². The molecule has 204 valence electrons. The van der Waals surface area contributed by atoms with Crippen molar-refractivity contribution in [2.24, 2.45) is 0 Å². The number of methoxy groups -OCH3 is 1. The number of esters is 2. The van der Waals surface area contributed by atoms with Crippen LogP contribution in [0, 0.1) is 0 Å². The average Bonchev–Trinajstić information content (AvgIpc) is 3.38. The summed E-state index contributed by atoms with van der Waals surface area (Å²) in [6, 6.07) is 12.0. The van der Waals surface area contributed by atoms with Crippen LogP contribution in [0.4, 0.5) is 0 Å². The second kappa shape index (κ2) is 17.6. The van der Waals surface area contributed by atoms with Gasteiger partial charge in [-0.05, 0) is 61.6 Å². The number of hydrogen-bond donors (Lipinski definition) is 1. The lowest BCUT2D eigenvalue weighted by Crippen LogP contribution is -2.28. The van der Waals surface area contributed by atoms with E-state index in [1.807, 2.05) is 48.7 Å². The van der Waals surface area contributed by atoms with Crippen LogP contribution in [-0.2, 0) is 41.4 Å². The van der Waals surface area contributed by atoms with Gasteiger partial charge in [0.15, 0.2) is 0 Å². The van der Waals surface area contributed by atoms with Gasteiger partial charge in [-0.1, -0.05) is 49.9 Å². The van der Waals surface area contributed by atoms with Crippen molar-refractivity contribution in [3.05, 3.63) is 64.4 Å². The topological polar surface area (TPSA) is 114 Å². The van der Waals surface area contributed by atoms with Crippen molar-refractivity contribution in [1.29, 1.82) is 0 Å². The molecule has 0 saturated carbocycles. The molecule has 1 aromatic heterocycles. The van der Waals surface area contributed by atoms with E-state index in [2.05, 4.69) is 6.58 Å². The fourth-order valence-corrected chi connectivity index (χ4v) is 4.59. The highest BCUT2D eigenvalue weighted by Gasteiger charge is 2.24. The number of hydrogen-bond acceptors (Lipinski definition) is 8. The Morgan fingerprint density at radius 3 is 2.03 bits per heavy atom. The first-order valence-electron chi connectivity index (χ1n) is 12.5. The molecule has 0 fully saturated rings. The number of aryl methyl sites for hydroxylation is 2. The van der Waals surface area contributed by atoms with E-state index < -0.39 is 24.1 Å². The molecule has 0 radical (unpaired) electrons. The number of ether oxygens (including phenoxy) is 3. The van der Waals surface area contributed by atoms with Crippen LogP contribution in [0.15, 0.2) is 48.4 Å². The predicted molar refractivity (Wildman–Crippen MR) is 148 cm³/mol. The van der Waals surface area contributed by atoms with Crippen LogP contribution in [0.1, 0.15) is 68.4 Å². The highest BCUT2D eigenvalue weighted by atomic mass is 32.1. The van der Waals surface area contributed by atoms with E-state index >= 15 is 0 Å². The van der Waals surface area contributed by atoms with Crippen LogP contribution in [0.2, 0.25) is 0 Å². The van der Waals surface area contributed by atoms with Gasteiger partial charge in [-0.15, -0.1) is 11.3 Å². The lowest BCUT2D eigenvalue weighted by atomic mass is 10.0. The molecule has 3 unspecified atom stereocenters. The van der Waals surface area contributed by atoms with Crippen molar-refractivity contribution in [2.75, 3.05) is 7.11 Å². The second-order valence-corrected chi connectivity index (χ2v) is 9.94. The van der Waals surface area contributed by atoms with Gasteiger partial charge in [-0.3, -0.25) is 14.4 Å². The molecule has 0 amide bonds. The maximum atomic E-state index is 12.9. The van der Waals surface area contributed by atoms with E-state index in [1.54, 1.807) is 24.5 Å². The molecule has 0 aliphatic carbocycles. The van der Waals surface area contributed by atoms with E-state index in [9.17, 15) is 14.4 Å². The van der Waals surface area contributed by atoms with Crippen molar-refractivity contribution in [2.45, 2.75) is 83.5 Å². The summed E-state index contributed by atoms with van der Waals surface area (Å²) in [7, 11) is 1.57. The number of benzene rings is 1. The largest absolute Gasteiger partial charge is 0.462 e. The maximum Gasteiger partial charge on any atom is 0.309 e. The highest BCUT2D eigenvalue weighted by Crippen LogP contribution is 2.19. The summed E-state index contributed by atoms with van der Waals surface area (Å²) in [4.78, 5) is 38.3. The first-order valence-corrected chi connectivity index (χ1v) is 13.4. The molecule has 0 spiro atoms. The Hall–Kier alpha value is -2.81. The van der Waals surface area contributed by atoms with Crippen LogP contribution < -0.4 is 6.15 Å². The van der Waals surface area contributed by atoms with E-state index in [-0.39, 0.29) is 37.3 Å². The average molecular weight is 532 g/mol. The summed E-state index contributed by atoms with van der Waals surface area (Å²) in [5, 5.41) is 1.99. The van der Waals surface area contributed by atoms with Crippen LogP contribution >= 0.6 is 11.3 Å². The van der Waals surface area contributed by atoms with Gasteiger partial charge in [-0.2, -0.15) is 0 Å². The molecule has 1 aromatic carbocycles. The molecular weight excluding hydrogens is 490 g/mol. The molecule has 0 saturated heterocycles. The minimum Gasteiger partial charge on any atom is -0.462 e. The molecular formula is C29H41NO6S. The van der Waals surface area contributed by atoms with E-state index in [4.69, 9.17) is 14.2 Å². The third kappa shape index (κ3) is 12.8. The van der Waals surface area contributed by atoms with E-state index in [0.717, 1.165) is 16.0 Å². The third-order valence-corrected chi connectivity index (χ3v) is 6.89. The first-order chi connectivity index (χ1) is 17.3. The molecule has 3 atom stereocenters. The summed E-state index contributed by atoms with van der Waals surface area (Å²) in [6.45, 7) is 7.19. The third-order valence-electron chi connectivity index (χ3n) is 5.95. The maximum absolute atomic E-state index is 12.9. The normalized spacial score (nSPS) is 13.1.